The largest absolute Gasteiger partial charge is 0.494 e. The molecule has 1 aliphatic rings. The van der Waals surface area contributed by atoms with Crippen molar-refractivity contribution in [3.63, 3.8) is 0 Å². The number of nitrogens with zero attached hydrogens (tertiary/aromatic N) is 1. The van der Waals surface area contributed by atoms with Gasteiger partial charge in [-0.15, -0.1) is 0 Å². The quantitative estimate of drug-likeness (QED) is 0.467. The van der Waals surface area contributed by atoms with Crippen LogP contribution in [0.5, 0.6) is 5.88 Å². The van der Waals surface area contributed by atoms with Crippen LogP contribution in [0.4, 0.5) is 0 Å². The Morgan fingerprint density at radius 1 is 1.00 bits per heavy atom. The molecule has 8 heteroatoms. The first-order valence-corrected chi connectivity index (χ1v) is 8.93. The lowest BCUT2D eigenvalue weighted by molar-refractivity contribution is -0.112. The van der Waals surface area contributed by atoms with Crippen LogP contribution in [0.2, 0.25) is 0 Å². The molecule has 4 rings (SSSR count). The molecule has 0 unspecified atom stereocenters. The first-order valence-electron chi connectivity index (χ1n) is 8.93. The summed E-state index contributed by atoms with van der Waals surface area (Å²) in [5.41, 5.74) is 0.539. The predicted octanol–water partition coefficient (Wildman–Crippen LogP) is 2.79. The number of ether oxygens (including phenoxy) is 1. The standard InChI is InChI=1S/C22H16N2O6/c25-11-30-19-16(21(27)24-18(19)13-9-5-2-6-10-13)14-15(22(28)29)17(23-20(14)26)12-7-3-1-4-8-12/h1-10,23,25-26H,11H2,(H,28,29). The zero-order chi connectivity index (χ0) is 21.3. The summed E-state index contributed by atoms with van der Waals surface area (Å²) in [5, 5.41) is 29.8. The molecule has 0 aliphatic carbocycles. The van der Waals surface area contributed by atoms with Crippen LogP contribution in [-0.2, 0) is 9.53 Å². The van der Waals surface area contributed by atoms with Crippen molar-refractivity contribution in [2.75, 3.05) is 6.79 Å². The minimum Gasteiger partial charge on any atom is -0.494 e. The molecule has 0 fully saturated rings. The van der Waals surface area contributed by atoms with Gasteiger partial charge >= 0.3 is 5.97 Å². The molecule has 1 aromatic heterocycles. The van der Waals surface area contributed by atoms with E-state index in [4.69, 9.17) is 4.74 Å². The number of hydrogen-bond donors (Lipinski definition) is 4. The van der Waals surface area contributed by atoms with Gasteiger partial charge in [0.1, 0.15) is 5.71 Å². The average molecular weight is 404 g/mol. The van der Waals surface area contributed by atoms with Crippen molar-refractivity contribution in [3.8, 4) is 17.1 Å². The molecule has 0 radical (unpaired) electrons. The molecule has 30 heavy (non-hydrogen) atoms. The van der Waals surface area contributed by atoms with Crippen molar-refractivity contribution >= 4 is 23.2 Å². The number of aromatic hydroxyl groups is 1. The monoisotopic (exact) mass is 404 g/mol. The number of hydrogen-bond acceptors (Lipinski definition) is 5. The number of allylic oxidation sites excluding steroid dienone is 1. The number of nitrogens with one attached hydrogen (secondary N) is 1. The number of carboxylic acid groups (broad SMARTS) is 1. The summed E-state index contributed by atoms with van der Waals surface area (Å²) in [5.74, 6) is -2.76. The number of amides is 1. The molecular formula is C22H16N2O6. The van der Waals surface area contributed by atoms with Crippen LogP contribution in [0.25, 0.3) is 16.8 Å². The summed E-state index contributed by atoms with van der Waals surface area (Å²) in [6.07, 6.45) is 0. The van der Waals surface area contributed by atoms with Gasteiger partial charge in [-0.1, -0.05) is 60.7 Å². The van der Waals surface area contributed by atoms with Crippen LogP contribution in [0, 0.1) is 0 Å². The summed E-state index contributed by atoms with van der Waals surface area (Å²) in [6, 6.07) is 17.2. The van der Waals surface area contributed by atoms with E-state index in [-0.39, 0.29) is 33.9 Å². The number of H-pyrrole nitrogens is 1. The van der Waals surface area contributed by atoms with Gasteiger partial charge < -0.3 is 25.0 Å². The van der Waals surface area contributed by atoms with Gasteiger partial charge in [-0.25, -0.2) is 9.79 Å². The normalized spacial score (nSPS) is 13.5. The summed E-state index contributed by atoms with van der Waals surface area (Å²) >= 11 is 0. The average Bonchev–Trinajstić information content (AvgIpc) is 3.26. The Kier molecular flexibility index (Phi) is 4.91. The maximum atomic E-state index is 12.8. The Bertz CT molecular complexity index is 1190. The lowest BCUT2D eigenvalue weighted by atomic mass is 9.97. The van der Waals surface area contributed by atoms with E-state index < -0.39 is 24.5 Å². The highest BCUT2D eigenvalue weighted by molar-refractivity contribution is 6.39. The van der Waals surface area contributed by atoms with Gasteiger partial charge in [-0.3, -0.25) is 4.79 Å². The predicted molar refractivity (Wildman–Crippen MR) is 108 cm³/mol. The molecule has 1 aliphatic heterocycles. The van der Waals surface area contributed by atoms with Crippen molar-refractivity contribution in [1.29, 1.82) is 0 Å². The maximum Gasteiger partial charge on any atom is 0.338 e. The van der Waals surface area contributed by atoms with E-state index in [9.17, 15) is 24.9 Å². The zero-order valence-corrected chi connectivity index (χ0v) is 15.5. The van der Waals surface area contributed by atoms with Gasteiger partial charge in [0.2, 0.25) is 0 Å². The van der Waals surface area contributed by atoms with Crippen molar-refractivity contribution in [2.24, 2.45) is 4.99 Å². The van der Waals surface area contributed by atoms with E-state index in [1.54, 1.807) is 60.7 Å². The fraction of sp³-hybridized carbons (Fsp3) is 0.0455. The number of rotatable bonds is 6. The summed E-state index contributed by atoms with van der Waals surface area (Å²) in [6.45, 7) is -0.767. The second-order valence-corrected chi connectivity index (χ2v) is 6.38. The topological polar surface area (TPSA) is 132 Å². The molecule has 2 heterocycles. The van der Waals surface area contributed by atoms with Crippen LogP contribution in [0.15, 0.2) is 71.4 Å². The van der Waals surface area contributed by atoms with Gasteiger partial charge in [0.05, 0.1) is 22.4 Å². The molecule has 0 atom stereocenters. The van der Waals surface area contributed by atoms with E-state index in [1.807, 2.05) is 0 Å². The molecule has 4 N–H and O–H groups in total. The highest BCUT2D eigenvalue weighted by Gasteiger charge is 2.37. The third-order valence-corrected chi connectivity index (χ3v) is 4.63. The molecular weight excluding hydrogens is 388 g/mol. The lowest BCUT2D eigenvalue weighted by Gasteiger charge is -2.10. The highest BCUT2D eigenvalue weighted by Crippen LogP contribution is 2.41. The molecule has 0 saturated heterocycles. The SMILES string of the molecule is O=C1N=C(c2ccccc2)C(OCO)=C1c1c(O)[nH]c(-c2ccccc2)c1C(=O)O. The number of aliphatic hydroxyl groups is 1. The van der Waals surface area contributed by atoms with Crippen molar-refractivity contribution < 1.29 is 29.6 Å². The third-order valence-electron chi connectivity index (χ3n) is 4.63. The van der Waals surface area contributed by atoms with Gasteiger partial charge in [-0.2, -0.15) is 0 Å². The fourth-order valence-corrected chi connectivity index (χ4v) is 3.41. The molecule has 1 amide bonds. The number of carboxylic acids is 1. The van der Waals surface area contributed by atoms with Gasteiger partial charge in [0, 0.05) is 5.56 Å². The summed E-state index contributed by atoms with van der Waals surface area (Å²) in [7, 11) is 0. The van der Waals surface area contributed by atoms with Crippen LogP contribution >= 0.6 is 0 Å². The molecule has 8 nitrogen and oxygen atoms in total. The number of benzene rings is 2. The Balaban J connectivity index is 1.97. The number of carbonyl (C=O) groups is 2. The van der Waals surface area contributed by atoms with Crippen LogP contribution in [0.1, 0.15) is 21.5 Å². The van der Waals surface area contributed by atoms with Crippen LogP contribution in [0.3, 0.4) is 0 Å². The van der Waals surface area contributed by atoms with Crippen molar-refractivity contribution in [2.45, 2.75) is 0 Å². The van der Waals surface area contributed by atoms with E-state index >= 15 is 0 Å². The van der Waals surface area contributed by atoms with Gasteiger partial charge in [-0.05, 0) is 5.56 Å². The van der Waals surface area contributed by atoms with E-state index in [0.717, 1.165) is 0 Å². The van der Waals surface area contributed by atoms with E-state index in [2.05, 4.69) is 9.98 Å². The fourth-order valence-electron chi connectivity index (χ4n) is 3.41. The smallest absolute Gasteiger partial charge is 0.338 e. The van der Waals surface area contributed by atoms with E-state index in [1.165, 1.54) is 0 Å². The molecule has 0 bridgehead atoms. The summed E-state index contributed by atoms with van der Waals surface area (Å²) in [4.78, 5) is 31.5. The minimum atomic E-state index is -1.35. The number of aromatic nitrogens is 1. The molecule has 3 aromatic rings. The van der Waals surface area contributed by atoms with Crippen LogP contribution < -0.4 is 0 Å². The first-order chi connectivity index (χ1) is 14.5. The van der Waals surface area contributed by atoms with E-state index in [0.29, 0.717) is 11.1 Å². The third kappa shape index (κ3) is 3.15. The Morgan fingerprint density at radius 3 is 2.17 bits per heavy atom. The zero-order valence-electron chi connectivity index (χ0n) is 15.5. The maximum absolute atomic E-state index is 12.8. The van der Waals surface area contributed by atoms with Crippen LogP contribution in [-0.4, -0.2) is 44.7 Å². The molecule has 2 aromatic carbocycles. The van der Waals surface area contributed by atoms with Gasteiger partial charge in [0.25, 0.3) is 5.91 Å². The minimum absolute atomic E-state index is 0.106. The number of carbonyl (C=O) groups excluding carboxylic acids is 1. The Hall–Kier alpha value is -4.17. The first kappa shape index (κ1) is 19.2. The van der Waals surface area contributed by atoms with Crippen molar-refractivity contribution in [1.82, 2.24) is 4.98 Å². The number of aliphatic imine (C=N–C) groups is 1. The molecule has 0 saturated carbocycles. The number of aliphatic hydroxyl groups excluding tert-OH is 1. The highest BCUT2D eigenvalue weighted by atomic mass is 16.6. The Morgan fingerprint density at radius 2 is 1.60 bits per heavy atom. The van der Waals surface area contributed by atoms with Crippen molar-refractivity contribution in [3.05, 3.63) is 83.1 Å². The molecule has 150 valence electrons. The number of aromatic amines is 1. The Labute approximate surface area is 170 Å². The second kappa shape index (κ2) is 7.69. The van der Waals surface area contributed by atoms with Gasteiger partial charge in [0.15, 0.2) is 18.4 Å². The second-order valence-electron chi connectivity index (χ2n) is 6.38. The number of aromatic carboxylic acids is 1. The summed E-state index contributed by atoms with van der Waals surface area (Å²) < 4.78 is 5.28. The lowest BCUT2D eigenvalue weighted by Crippen LogP contribution is -2.09. The molecule has 0 spiro atoms.